The monoisotopic (exact) mass is 624 g/mol. The van der Waals surface area contributed by atoms with Gasteiger partial charge in [0, 0.05) is 32.7 Å². The van der Waals surface area contributed by atoms with Crippen molar-refractivity contribution < 1.29 is 48.9 Å². The largest absolute Gasteiger partial charge is 0.480 e. The van der Waals surface area contributed by atoms with Crippen molar-refractivity contribution in [3.63, 3.8) is 0 Å². The zero-order chi connectivity index (χ0) is 33.1. The molecule has 0 saturated carbocycles. The van der Waals surface area contributed by atoms with Crippen LogP contribution >= 0.6 is 0 Å². The van der Waals surface area contributed by atoms with Crippen LogP contribution in [0, 0.1) is 5.92 Å². The van der Waals surface area contributed by atoms with Crippen molar-refractivity contribution in [2.45, 2.75) is 39.5 Å². The molecule has 0 aliphatic carbocycles. The first-order valence-electron chi connectivity index (χ1n) is 14.1. The number of carbonyl (C=O) groups is 6. The van der Waals surface area contributed by atoms with E-state index in [-0.39, 0.29) is 70.8 Å². The zero-order valence-electron chi connectivity index (χ0n) is 25.1. The lowest BCUT2D eigenvalue weighted by Gasteiger charge is -2.27. The molecule has 0 unspecified atom stereocenters. The van der Waals surface area contributed by atoms with Crippen molar-refractivity contribution in [2.24, 2.45) is 11.7 Å². The number of nitrogens with two attached hydrogens (primary N) is 1. The summed E-state index contributed by atoms with van der Waals surface area (Å²) in [6.07, 6.45) is 1.10. The maximum atomic E-state index is 12.8. The Morgan fingerprint density at radius 1 is 0.818 bits per heavy atom. The predicted molar refractivity (Wildman–Crippen MR) is 157 cm³/mol. The quantitative estimate of drug-likeness (QED) is 0.0573. The topological polar surface area (TPSA) is 232 Å². The Bertz CT molecular complexity index is 1070. The predicted octanol–water partition coefficient (Wildman–Crippen LogP) is -1.42. The first kappa shape index (κ1) is 38.1. The van der Waals surface area contributed by atoms with Crippen molar-refractivity contribution in [3.05, 3.63) is 35.4 Å². The minimum absolute atomic E-state index is 0.0200. The van der Waals surface area contributed by atoms with Gasteiger partial charge in [-0.15, -0.1) is 0 Å². The van der Waals surface area contributed by atoms with Crippen LogP contribution in [0.4, 0.5) is 0 Å². The van der Waals surface area contributed by atoms with Gasteiger partial charge in [0.2, 0.25) is 5.91 Å². The summed E-state index contributed by atoms with van der Waals surface area (Å²) in [6, 6.07) is 6.45. The van der Waals surface area contributed by atoms with E-state index in [9.17, 15) is 28.8 Å². The number of aliphatic carboxylic acids is 3. The molecule has 246 valence electrons. The third kappa shape index (κ3) is 17.9. The van der Waals surface area contributed by atoms with Crippen LogP contribution in [0.2, 0.25) is 0 Å². The highest BCUT2D eigenvalue weighted by Gasteiger charge is 2.19. The van der Waals surface area contributed by atoms with Gasteiger partial charge < -0.3 is 31.2 Å². The number of nitrogens with zero attached hydrogens (tertiary/aromatic N) is 3. The highest BCUT2D eigenvalue weighted by molar-refractivity contribution is 5.80. The molecule has 0 bridgehead atoms. The van der Waals surface area contributed by atoms with Crippen LogP contribution in [-0.2, 0) is 46.8 Å². The van der Waals surface area contributed by atoms with Crippen LogP contribution in [0.1, 0.15) is 31.4 Å². The molecule has 1 rings (SSSR count). The van der Waals surface area contributed by atoms with Gasteiger partial charge in [0.1, 0.15) is 6.29 Å². The minimum Gasteiger partial charge on any atom is -0.480 e. The number of hydrogen-bond acceptors (Lipinski definition) is 11. The molecule has 0 heterocycles. The van der Waals surface area contributed by atoms with E-state index in [0.29, 0.717) is 12.7 Å². The van der Waals surface area contributed by atoms with E-state index in [0.717, 1.165) is 11.1 Å². The third-order valence-electron chi connectivity index (χ3n) is 6.23. The standard InChI is InChI=1S/C28H44N6O10/c1-20(2)13-23(29)28(43)31-44-19-22-5-3-21(4-6-22)14-30-24(36)15-32(7-8-33(11-12-35)16-25(37)38)9-10-34(17-26(39)40)18-27(41)42/h3-6,12,20,23H,7-11,13-19,29H2,1-2H3,(H,30,36)(H,31,43)(H,37,38)(H,39,40)(H,41,42)/t23-/m1/s1. The molecule has 0 spiro atoms. The van der Waals surface area contributed by atoms with Crippen molar-refractivity contribution in [3.8, 4) is 0 Å². The fourth-order valence-electron chi connectivity index (χ4n) is 4.06. The Hall–Kier alpha value is -3.96. The van der Waals surface area contributed by atoms with E-state index in [2.05, 4.69) is 10.8 Å². The van der Waals surface area contributed by atoms with Gasteiger partial charge in [-0.2, -0.15) is 0 Å². The second-order valence-corrected chi connectivity index (χ2v) is 10.7. The SMILES string of the molecule is CC(C)C[C@@H](N)C(=O)NOCc1ccc(CNC(=O)CN(CCN(CC=O)CC(=O)O)CCN(CC(=O)O)CC(=O)O)cc1. The highest BCUT2D eigenvalue weighted by Crippen LogP contribution is 2.07. The van der Waals surface area contributed by atoms with Gasteiger partial charge in [0.25, 0.3) is 5.91 Å². The number of aldehydes is 1. The fraction of sp³-hybridized carbons (Fsp3) is 0.571. The van der Waals surface area contributed by atoms with Crippen molar-refractivity contribution in [2.75, 3.05) is 58.9 Å². The summed E-state index contributed by atoms with van der Waals surface area (Å²) in [6.45, 7) is 2.98. The van der Waals surface area contributed by atoms with Crippen LogP contribution in [-0.4, -0.2) is 131 Å². The first-order chi connectivity index (χ1) is 20.8. The minimum atomic E-state index is -1.21. The lowest BCUT2D eigenvalue weighted by molar-refractivity contribution is -0.142. The number of carbonyl (C=O) groups excluding carboxylic acids is 3. The summed E-state index contributed by atoms with van der Waals surface area (Å²) < 4.78 is 0. The summed E-state index contributed by atoms with van der Waals surface area (Å²) in [5.41, 5.74) is 9.72. The van der Waals surface area contributed by atoms with Crippen LogP contribution in [0.15, 0.2) is 24.3 Å². The molecule has 0 aliphatic heterocycles. The third-order valence-corrected chi connectivity index (χ3v) is 6.23. The second-order valence-electron chi connectivity index (χ2n) is 10.7. The summed E-state index contributed by atoms with van der Waals surface area (Å²) in [4.78, 5) is 78.6. The Kier molecular flexibility index (Phi) is 18.0. The van der Waals surface area contributed by atoms with Crippen molar-refractivity contribution in [1.82, 2.24) is 25.5 Å². The van der Waals surface area contributed by atoms with E-state index in [4.69, 9.17) is 25.9 Å². The number of rotatable bonds is 24. The maximum Gasteiger partial charge on any atom is 0.317 e. The number of benzene rings is 1. The first-order valence-corrected chi connectivity index (χ1v) is 14.1. The number of hydrogen-bond donors (Lipinski definition) is 6. The van der Waals surface area contributed by atoms with Gasteiger partial charge in [-0.3, -0.25) is 43.5 Å². The lowest BCUT2D eigenvalue weighted by Crippen LogP contribution is -2.46. The number of amides is 2. The van der Waals surface area contributed by atoms with Crippen LogP contribution < -0.4 is 16.5 Å². The smallest absolute Gasteiger partial charge is 0.317 e. The molecule has 1 aromatic rings. The average molecular weight is 625 g/mol. The van der Waals surface area contributed by atoms with Crippen molar-refractivity contribution in [1.29, 1.82) is 0 Å². The van der Waals surface area contributed by atoms with Crippen LogP contribution in [0.25, 0.3) is 0 Å². The van der Waals surface area contributed by atoms with Gasteiger partial charge in [0.15, 0.2) is 0 Å². The molecule has 2 amide bonds. The fourth-order valence-corrected chi connectivity index (χ4v) is 4.06. The van der Waals surface area contributed by atoms with Gasteiger partial charge in [-0.1, -0.05) is 38.1 Å². The molecule has 16 heteroatoms. The molecule has 16 nitrogen and oxygen atoms in total. The molecule has 7 N–H and O–H groups in total. The summed E-state index contributed by atoms with van der Waals surface area (Å²) in [5, 5.41) is 30.1. The Morgan fingerprint density at radius 3 is 1.84 bits per heavy atom. The molecule has 1 atom stereocenters. The number of carboxylic acid groups (broad SMARTS) is 3. The molecule has 0 aliphatic rings. The summed E-state index contributed by atoms with van der Waals surface area (Å²) >= 11 is 0. The Labute approximate surface area is 256 Å². The molecular formula is C28H44N6O10. The normalized spacial score (nSPS) is 12.0. The number of hydroxylamine groups is 1. The van der Waals surface area contributed by atoms with E-state index in [1.54, 1.807) is 29.2 Å². The maximum absolute atomic E-state index is 12.8. The van der Waals surface area contributed by atoms with Gasteiger partial charge >= 0.3 is 17.9 Å². The average Bonchev–Trinajstić information content (AvgIpc) is 2.92. The lowest BCUT2D eigenvalue weighted by atomic mass is 10.0. The molecule has 0 aromatic heterocycles. The molecule has 0 radical (unpaired) electrons. The second kappa shape index (κ2) is 20.9. The van der Waals surface area contributed by atoms with Crippen LogP contribution in [0.3, 0.4) is 0 Å². The van der Waals surface area contributed by atoms with E-state index in [1.807, 2.05) is 13.8 Å². The van der Waals surface area contributed by atoms with Gasteiger partial charge in [-0.05, 0) is 23.5 Å². The van der Waals surface area contributed by atoms with Gasteiger partial charge in [0.05, 0.1) is 45.4 Å². The zero-order valence-corrected chi connectivity index (χ0v) is 25.1. The summed E-state index contributed by atoms with van der Waals surface area (Å²) in [7, 11) is 0. The molecule has 1 aromatic carbocycles. The highest BCUT2D eigenvalue weighted by atomic mass is 16.6. The molecule has 0 fully saturated rings. The van der Waals surface area contributed by atoms with E-state index in [1.165, 1.54) is 9.80 Å². The van der Waals surface area contributed by atoms with Crippen molar-refractivity contribution >= 4 is 36.0 Å². The number of carboxylic acids is 3. The van der Waals surface area contributed by atoms with E-state index < -0.39 is 42.9 Å². The molecule has 0 saturated heterocycles. The Morgan fingerprint density at radius 2 is 1.32 bits per heavy atom. The number of nitrogens with one attached hydrogen (secondary N) is 2. The van der Waals surface area contributed by atoms with Gasteiger partial charge in [-0.25, -0.2) is 5.48 Å². The van der Waals surface area contributed by atoms with E-state index >= 15 is 0 Å². The molecular weight excluding hydrogens is 580 g/mol. The molecule has 44 heavy (non-hydrogen) atoms. The Balaban J connectivity index is 2.71. The van der Waals surface area contributed by atoms with Crippen LogP contribution in [0.5, 0.6) is 0 Å². The summed E-state index contributed by atoms with van der Waals surface area (Å²) in [5.74, 6) is -4.04.